The molecule has 1 aromatic carbocycles. The fraction of sp³-hybridized carbons (Fsp3) is 0.524. The highest BCUT2D eigenvalue weighted by Crippen LogP contribution is 2.53. The summed E-state index contributed by atoms with van der Waals surface area (Å²) in [5, 5.41) is 0. The summed E-state index contributed by atoms with van der Waals surface area (Å²) in [6.45, 7) is 0. The molecule has 0 aromatic heterocycles. The lowest BCUT2D eigenvalue weighted by molar-refractivity contribution is 0.0719. The average Bonchev–Trinajstić information content (AvgIpc) is 3.21. The topological polar surface area (TPSA) is 34.1 Å². The van der Waals surface area contributed by atoms with E-state index in [1.54, 1.807) is 0 Å². The molecule has 0 radical (unpaired) electrons. The van der Waals surface area contributed by atoms with Crippen LogP contribution >= 0.6 is 0 Å². The predicted molar refractivity (Wildman–Crippen MR) is 88.6 cm³/mol. The summed E-state index contributed by atoms with van der Waals surface area (Å²) < 4.78 is 0. The predicted octanol–water partition coefficient (Wildman–Crippen LogP) is 4.55. The Morgan fingerprint density at radius 2 is 1.52 bits per heavy atom. The van der Waals surface area contributed by atoms with Crippen LogP contribution in [0.2, 0.25) is 0 Å². The molecule has 2 nitrogen and oxygen atoms in total. The number of carbonyl (C=O) groups excluding carboxylic acids is 2. The van der Waals surface area contributed by atoms with E-state index >= 15 is 0 Å². The van der Waals surface area contributed by atoms with Crippen molar-refractivity contribution in [2.75, 3.05) is 0 Å². The van der Waals surface area contributed by atoms with E-state index in [1.165, 1.54) is 24.8 Å². The first-order chi connectivity index (χ1) is 11.3. The molecule has 2 heteroatoms. The van der Waals surface area contributed by atoms with Gasteiger partial charge in [-0.25, -0.2) is 0 Å². The maximum Gasteiger partial charge on any atom is 0.168 e. The molecule has 2 fully saturated rings. The number of hydrogen-bond acceptors (Lipinski definition) is 2. The second-order valence-electron chi connectivity index (χ2n) is 7.83. The van der Waals surface area contributed by atoms with Crippen molar-refractivity contribution in [1.29, 1.82) is 0 Å². The van der Waals surface area contributed by atoms with E-state index in [0.717, 1.165) is 30.4 Å². The lowest BCUT2D eigenvalue weighted by Crippen LogP contribution is -2.39. The Bertz CT molecular complexity index is 723. The molecule has 1 aromatic rings. The van der Waals surface area contributed by atoms with Gasteiger partial charge in [0.2, 0.25) is 0 Å². The Hall–Kier alpha value is -1.70. The van der Waals surface area contributed by atoms with Crippen LogP contribution in [-0.4, -0.2) is 11.6 Å². The van der Waals surface area contributed by atoms with E-state index < -0.39 is 0 Å². The van der Waals surface area contributed by atoms with Gasteiger partial charge in [-0.2, -0.15) is 0 Å². The summed E-state index contributed by atoms with van der Waals surface area (Å²) in [5.41, 5.74) is 2.69. The van der Waals surface area contributed by atoms with Gasteiger partial charge in [-0.15, -0.1) is 0 Å². The first kappa shape index (κ1) is 13.7. The number of fused-ring (bicyclic) bond motifs is 6. The van der Waals surface area contributed by atoms with Crippen molar-refractivity contribution in [3.63, 3.8) is 0 Å². The summed E-state index contributed by atoms with van der Waals surface area (Å²) in [6, 6.07) is 6.01. The minimum atomic E-state index is -0.0772. The van der Waals surface area contributed by atoms with Crippen molar-refractivity contribution in [1.82, 2.24) is 0 Å². The first-order valence-corrected chi connectivity index (χ1v) is 9.15. The summed E-state index contributed by atoms with van der Waals surface area (Å²) in [5.74, 6) is 1.42. The highest BCUT2D eigenvalue weighted by atomic mass is 16.1. The molecule has 23 heavy (non-hydrogen) atoms. The van der Waals surface area contributed by atoms with E-state index in [-0.39, 0.29) is 23.4 Å². The van der Waals surface area contributed by atoms with Crippen molar-refractivity contribution in [3.8, 4) is 0 Å². The highest BCUT2D eigenvalue weighted by molar-refractivity contribution is 6.17. The zero-order chi connectivity index (χ0) is 15.6. The van der Waals surface area contributed by atoms with Crippen molar-refractivity contribution >= 4 is 11.6 Å². The molecule has 5 rings (SSSR count). The minimum absolute atomic E-state index is 0.0743. The number of rotatable bonds is 1. The van der Waals surface area contributed by atoms with Crippen LogP contribution in [0.15, 0.2) is 30.4 Å². The number of Topliss-reactive ketones (excluding diaryl/α,β-unsaturated/α-hetero) is 2. The largest absolute Gasteiger partial charge is 0.294 e. The van der Waals surface area contributed by atoms with Gasteiger partial charge in [0, 0.05) is 23.0 Å². The van der Waals surface area contributed by atoms with Crippen molar-refractivity contribution in [2.45, 2.75) is 44.4 Å². The Labute approximate surface area is 137 Å². The monoisotopic (exact) mass is 306 g/mol. The van der Waals surface area contributed by atoms with Crippen LogP contribution in [0.1, 0.15) is 70.7 Å². The third-order valence-electron chi connectivity index (χ3n) is 6.72. The lowest BCUT2D eigenvalue weighted by atomic mass is 9.67. The van der Waals surface area contributed by atoms with Gasteiger partial charge in [0.1, 0.15) is 0 Å². The molecule has 118 valence electrons. The fourth-order valence-corrected chi connectivity index (χ4v) is 5.69. The second-order valence-corrected chi connectivity index (χ2v) is 7.83. The second kappa shape index (κ2) is 4.90. The quantitative estimate of drug-likeness (QED) is 0.713. The summed E-state index contributed by atoms with van der Waals surface area (Å²) in [6.07, 6.45) is 11.5. The molecule has 0 saturated heterocycles. The molecule has 0 aliphatic heterocycles. The molecule has 0 N–H and O–H groups in total. The van der Waals surface area contributed by atoms with Crippen LogP contribution in [0.25, 0.3) is 0 Å². The Kier molecular flexibility index (Phi) is 2.92. The first-order valence-electron chi connectivity index (χ1n) is 9.15. The molecule has 2 bridgehead atoms. The Morgan fingerprint density at radius 1 is 0.826 bits per heavy atom. The molecule has 4 atom stereocenters. The Morgan fingerprint density at radius 3 is 2.26 bits per heavy atom. The SMILES string of the molecule is O=C1c2cccc(C3CCCCC3)c2C(=O)C2C3C=CC(C3)C12. The van der Waals surface area contributed by atoms with E-state index in [1.807, 2.05) is 12.1 Å². The molecular formula is C21H22O2. The molecule has 2 saturated carbocycles. The van der Waals surface area contributed by atoms with Crippen LogP contribution in [-0.2, 0) is 0 Å². The molecule has 4 aliphatic carbocycles. The molecule has 4 unspecified atom stereocenters. The molecule has 0 spiro atoms. The van der Waals surface area contributed by atoms with Gasteiger partial charge in [-0.3, -0.25) is 9.59 Å². The van der Waals surface area contributed by atoms with Crippen LogP contribution < -0.4 is 0 Å². The van der Waals surface area contributed by atoms with Crippen molar-refractivity contribution in [3.05, 3.63) is 47.0 Å². The number of ketones is 2. The van der Waals surface area contributed by atoms with E-state index in [2.05, 4.69) is 18.2 Å². The van der Waals surface area contributed by atoms with E-state index in [0.29, 0.717) is 17.8 Å². The van der Waals surface area contributed by atoms with Crippen molar-refractivity contribution in [2.24, 2.45) is 23.7 Å². The number of hydrogen-bond donors (Lipinski definition) is 0. The molecular weight excluding hydrogens is 284 g/mol. The minimum Gasteiger partial charge on any atom is -0.294 e. The third-order valence-corrected chi connectivity index (χ3v) is 6.72. The fourth-order valence-electron chi connectivity index (χ4n) is 5.69. The van der Waals surface area contributed by atoms with Gasteiger partial charge in [0.25, 0.3) is 0 Å². The Balaban J connectivity index is 1.64. The zero-order valence-corrected chi connectivity index (χ0v) is 13.3. The van der Waals surface area contributed by atoms with Gasteiger partial charge in [0.05, 0.1) is 0 Å². The van der Waals surface area contributed by atoms with Crippen LogP contribution in [0.4, 0.5) is 0 Å². The third kappa shape index (κ3) is 1.81. The molecule has 4 aliphatic rings. The molecule has 0 amide bonds. The number of carbonyl (C=O) groups is 2. The van der Waals surface area contributed by atoms with Crippen LogP contribution in [0, 0.1) is 23.7 Å². The lowest BCUT2D eigenvalue weighted by Gasteiger charge is -2.34. The van der Waals surface area contributed by atoms with Gasteiger partial charge in [-0.05, 0) is 42.6 Å². The van der Waals surface area contributed by atoms with Crippen LogP contribution in [0.3, 0.4) is 0 Å². The van der Waals surface area contributed by atoms with Gasteiger partial charge >= 0.3 is 0 Å². The number of benzene rings is 1. The molecule has 0 heterocycles. The van der Waals surface area contributed by atoms with E-state index in [9.17, 15) is 9.59 Å². The standard InChI is InChI=1S/C21H22O2/c22-20-16-8-4-7-15(12-5-2-1-3-6-12)19(16)21(23)18-14-10-9-13(11-14)17(18)20/h4,7-10,12-14,17-18H,1-3,5-6,11H2. The van der Waals surface area contributed by atoms with Gasteiger partial charge in [0.15, 0.2) is 11.6 Å². The van der Waals surface area contributed by atoms with Gasteiger partial charge < -0.3 is 0 Å². The summed E-state index contributed by atoms with van der Waals surface area (Å²) in [7, 11) is 0. The normalized spacial score (nSPS) is 35.5. The maximum absolute atomic E-state index is 13.3. The summed E-state index contributed by atoms with van der Waals surface area (Å²) in [4.78, 5) is 26.4. The van der Waals surface area contributed by atoms with Gasteiger partial charge in [-0.1, -0.05) is 49.6 Å². The highest BCUT2D eigenvalue weighted by Gasteiger charge is 2.55. The average molecular weight is 306 g/mol. The number of allylic oxidation sites excluding steroid dienone is 2. The van der Waals surface area contributed by atoms with Crippen molar-refractivity contribution < 1.29 is 9.59 Å². The van der Waals surface area contributed by atoms with E-state index in [4.69, 9.17) is 0 Å². The smallest absolute Gasteiger partial charge is 0.168 e. The van der Waals surface area contributed by atoms with Crippen LogP contribution in [0.5, 0.6) is 0 Å². The summed E-state index contributed by atoms with van der Waals surface area (Å²) >= 11 is 0. The zero-order valence-electron chi connectivity index (χ0n) is 13.3. The maximum atomic E-state index is 13.3.